The first-order valence-electron chi connectivity index (χ1n) is 12.5. The van der Waals surface area contributed by atoms with Gasteiger partial charge in [-0.1, -0.05) is 34.7 Å². The lowest BCUT2D eigenvalue weighted by Crippen LogP contribution is -2.36. The number of carboxylic acid groups (broad SMARTS) is 1. The Morgan fingerprint density at radius 2 is 1.83 bits per heavy atom. The second-order valence-electron chi connectivity index (χ2n) is 9.22. The number of carbonyl (C=O) groups excluding carboxylic acids is 4. The fourth-order valence-corrected chi connectivity index (χ4v) is 7.55. The lowest BCUT2D eigenvalue weighted by Gasteiger charge is -2.31. The van der Waals surface area contributed by atoms with Crippen molar-refractivity contribution in [3.05, 3.63) is 73.2 Å². The first-order valence-corrected chi connectivity index (χ1v) is 14.6. The summed E-state index contributed by atoms with van der Waals surface area (Å²) in [6.45, 7) is 0.694. The molecule has 2 aliphatic heterocycles. The van der Waals surface area contributed by atoms with Crippen LogP contribution in [0.15, 0.2) is 52.3 Å². The number of hydrogen-bond acceptors (Lipinski definition) is 10. The second kappa shape index (κ2) is 12.0. The van der Waals surface area contributed by atoms with Crippen LogP contribution in [-0.4, -0.2) is 69.7 Å². The molecule has 1 saturated heterocycles. The molecule has 15 heteroatoms. The number of halogens is 1. The molecule has 0 radical (unpaired) electrons. The molecule has 5 rings (SSSR count). The van der Waals surface area contributed by atoms with Crippen molar-refractivity contribution < 1.29 is 38.6 Å². The molecule has 1 fully saturated rings. The number of imide groups is 1. The molecule has 3 aromatic rings. The summed E-state index contributed by atoms with van der Waals surface area (Å²) in [5.41, 5.74) is 1.10. The number of H-pyrrole nitrogens is 1. The van der Waals surface area contributed by atoms with Gasteiger partial charge in [-0.05, 0) is 49.4 Å². The number of anilines is 1. The molecule has 3 atom stereocenters. The normalized spacial score (nSPS) is 19.2. The number of thioether (sulfide) groups is 1. The highest BCUT2D eigenvalue weighted by atomic mass is 35.5. The molecule has 0 bridgehead atoms. The van der Waals surface area contributed by atoms with E-state index >= 15 is 0 Å². The summed E-state index contributed by atoms with van der Waals surface area (Å²) < 4.78 is 10.8. The van der Waals surface area contributed by atoms with Crippen molar-refractivity contribution in [2.75, 3.05) is 25.1 Å². The summed E-state index contributed by atoms with van der Waals surface area (Å²) in [5.74, 6) is -5.43. The molecule has 3 heterocycles. The molecule has 0 spiro atoms. The number of aliphatic carboxylic acids is 1. The van der Waals surface area contributed by atoms with E-state index in [-0.39, 0.29) is 17.4 Å². The Kier molecular flexibility index (Phi) is 8.38. The highest BCUT2D eigenvalue weighted by Gasteiger charge is 2.56. The molecule has 218 valence electrons. The predicted molar refractivity (Wildman–Crippen MR) is 152 cm³/mol. The maximum absolute atomic E-state index is 13.4. The SMILES string of the molecule is CCOC(=O)c1ccc(NC(=O)COc2ccc(Cl)cc2[C@@H]2c3sc(=O)[nH]c3SC3C(=O)N(CC(=O)O)C(=O)C32)cc1. The van der Waals surface area contributed by atoms with Crippen LogP contribution >= 0.6 is 34.7 Å². The van der Waals surface area contributed by atoms with E-state index in [0.29, 0.717) is 31.6 Å². The van der Waals surface area contributed by atoms with Crippen molar-refractivity contribution in [3.63, 3.8) is 0 Å². The number of fused-ring (bicyclic) bond motifs is 2. The van der Waals surface area contributed by atoms with Gasteiger partial charge in [-0.3, -0.25) is 28.9 Å². The number of hydrogen-bond donors (Lipinski definition) is 3. The number of aromatic nitrogens is 1. The maximum Gasteiger partial charge on any atom is 0.338 e. The van der Waals surface area contributed by atoms with Gasteiger partial charge in [-0.15, -0.1) is 0 Å². The number of nitrogens with one attached hydrogen (secondary N) is 2. The van der Waals surface area contributed by atoms with Crippen LogP contribution in [0.3, 0.4) is 0 Å². The zero-order valence-electron chi connectivity index (χ0n) is 21.7. The van der Waals surface area contributed by atoms with E-state index in [1.807, 2.05) is 0 Å². The monoisotopic (exact) mass is 631 g/mol. The molecule has 2 aromatic carbocycles. The number of nitrogens with zero attached hydrogens (tertiary/aromatic N) is 1. The molecule has 42 heavy (non-hydrogen) atoms. The van der Waals surface area contributed by atoms with Crippen LogP contribution < -0.4 is 14.9 Å². The van der Waals surface area contributed by atoms with Crippen LogP contribution in [0.1, 0.15) is 33.6 Å². The molecule has 2 unspecified atom stereocenters. The third-order valence-electron chi connectivity index (χ3n) is 6.55. The third-order valence-corrected chi connectivity index (χ3v) is 9.19. The summed E-state index contributed by atoms with van der Waals surface area (Å²) in [7, 11) is 0. The summed E-state index contributed by atoms with van der Waals surface area (Å²) in [4.78, 5) is 78.3. The van der Waals surface area contributed by atoms with Gasteiger partial charge in [0.2, 0.25) is 11.8 Å². The summed E-state index contributed by atoms with van der Waals surface area (Å²) >= 11 is 8.19. The van der Waals surface area contributed by atoms with Crippen molar-refractivity contribution in [1.82, 2.24) is 9.88 Å². The van der Waals surface area contributed by atoms with Gasteiger partial charge in [0.15, 0.2) is 6.61 Å². The zero-order valence-corrected chi connectivity index (χ0v) is 24.1. The molecular weight excluding hydrogens is 610 g/mol. The molecule has 12 nitrogen and oxygen atoms in total. The minimum atomic E-state index is -1.34. The summed E-state index contributed by atoms with van der Waals surface area (Å²) in [6, 6.07) is 10.7. The molecule has 0 saturated carbocycles. The average molecular weight is 632 g/mol. The number of ether oxygens (including phenoxy) is 2. The van der Waals surface area contributed by atoms with Crippen molar-refractivity contribution in [1.29, 1.82) is 0 Å². The van der Waals surface area contributed by atoms with E-state index in [9.17, 15) is 33.9 Å². The first kappa shape index (κ1) is 29.4. The highest BCUT2D eigenvalue weighted by Crippen LogP contribution is 2.54. The van der Waals surface area contributed by atoms with Gasteiger partial charge in [0, 0.05) is 27.1 Å². The summed E-state index contributed by atoms with van der Waals surface area (Å²) in [6.07, 6.45) is 0. The van der Waals surface area contributed by atoms with Gasteiger partial charge in [0.05, 0.1) is 23.1 Å². The van der Waals surface area contributed by atoms with Crippen LogP contribution in [0, 0.1) is 5.92 Å². The van der Waals surface area contributed by atoms with Crippen molar-refractivity contribution in [2.45, 2.75) is 23.1 Å². The van der Waals surface area contributed by atoms with Gasteiger partial charge in [-0.25, -0.2) is 4.79 Å². The molecule has 3 N–H and O–H groups in total. The summed E-state index contributed by atoms with van der Waals surface area (Å²) in [5, 5.41) is 11.6. The Morgan fingerprint density at radius 3 is 2.52 bits per heavy atom. The largest absolute Gasteiger partial charge is 0.483 e. The Bertz CT molecular complexity index is 1650. The zero-order chi connectivity index (χ0) is 30.1. The topological polar surface area (TPSA) is 172 Å². The Balaban J connectivity index is 1.41. The van der Waals surface area contributed by atoms with Crippen LogP contribution in [0.5, 0.6) is 5.75 Å². The van der Waals surface area contributed by atoms with E-state index in [1.54, 1.807) is 19.1 Å². The number of benzene rings is 2. The van der Waals surface area contributed by atoms with E-state index in [4.69, 9.17) is 21.1 Å². The minimum absolute atomic E-state index is 0.187. The second-order valence-corrected chi connectivity index (χ2v) is 11.8. The van der Waals surface area contributed by atoms with Gasteiger partial charge in [0.1, 0.15) is 17.5 Å². The van der Waals surface area contributed by atoms with Crippen LogP contribution in [0.4, 0.5) is 5.69 Å². The number of carboxylic acids is 1. The molecule has 3 amide bonds. The Morgan fingerprint density at radius 1 is 1.10 bits per heavy atom. The predicted octanol–water partition coefficient (Wildman–Crippen LogP) is 2.96. The number of esters is 1. The number of aromatic amines is 1. The van der Waals surface area contributed by atoms with Crippen molar-refractivity contribution >= 4 is 70.0 Å². The van der Waals surface area contributed by atoms with Crippen molar-refractivity contribution in [3.8, 4) is 5.75 Å². The third kappa shape index (κ3) is 5.78. The van der Waals surface area contributed by atoms with Gasteiger partial charge >= 0.3 is 16.8 Å². The van der Waals surface area contributed by atoms with E-state index < -0.39 is 64.8 Å². The van der Waals surface area contributed by atoms with Gasteiger partial charge in [-0.2, -0.15) is 0 Å². The number of likely N-dealkylation sites (tertiary alicyclic amines) is 1. The van der Waals surface area contributed by atoms with E-state index in [2.05, 4.69) is 10.3 Å². The van der Waals surface area contributed by atoms with E-state index in [0.717, 1.165) is 23.1 Å². The highest BCUT2D eigenvalue weighted by molar-refractivity contribution is 8.00. The maximum atomic E-state index is 13.4. The number of rotatable bonds is 9. The van der Waals surface area contributed by atoms with Crippen LogP contribution in [0.2, 0.25) is 5.02 Å². The Labute approximate surface area is 250 Å². The first-order chi connectivity index (χ1) is 20.1. The lowest BCUT2D eigenvalue weighted by molar-refractivity contribution is -0.149. The van der Waals surface area contributed by atoms with Crippen molar-refractivity contribution in [2.24, 2.45) is 5.92 Å². The Hall–Kier alpha value is -4.14. The van der Waals surface area contributed by atoms with Gasteiger partial charge in [0.25, 0.3) is 5.91 Å². The molecule has 1 aromatic heterocycles. The number of thiazole rings is 1. The lowest BCUT2D eigenvalue weighted by atomic mass is 9.82. The van der Waals surface area contributed by atoms with Crippen LogP contribution in [-0.2, 0) is 23.9 Å². The average Bonchev–Trinajstić information content (AvgIpc) is 3.43. The number of carbonyl (C=O) groups is 5. The molecule has 0 aliphatic carbocycles. The van der Waals surface area contributed by atoms with E-state index in [1.165, 1.54) is 30.3 Å². The van der Waals surface area contributed by atoms with Gasteiger partial charge < -0.3 is 24.9 Å². The smallest absolute Gasteiger partial charge is 0.338 e. The fraction of sp³-hybridized carbons (Fsp3) is 0.259. The standard InChI is InChI=1S/C27H22ClN3O9S2/c1-2-39-26(37)12-3-6-14(7-4-12)29-17(32)11-40-16-8-5-13(28)9-15(16)19-20-22(41-23-21(19)42-27(38)30-23)25(36)31(24(20)35)10-18(33)34/h3-9,19-20,22H,2,10-11H2,1H3,(H,29,32)(H,30,38)(H,33,34)/t19-,20?,22?/m0/s1. The quantitative estimate of drug-likeness (QED) is 0.235. The van der Waals surface area contributed by atoms with Crippen LogP contribution in [0.25, 0.3) is 0 Å². The number of amides is 3. The molecular formula is C27H22ClN3O9S2. The minimum Gasteiger partial charge on any atom is -0.483 e. The molecule has 2 aliphatic rings. The fourth-order valence-electron chi connectivity index (χ4n) is 4.84.